The van der Waals surface area contributed by atoms with Gasteiger partial charge in [-0.05, 0) is 38.5 Å². The van der Waals surface area contributed by atoms with Crippen LogP contribution in [-0.2, 0) is 6.54 Å². The molecule has 0 radical (unpaired) electrons. The molecule has 4 rings (SSSR count). The van der Waals surface area contributed by atoms with Crippen molar-refractivity contribution < 1.29 is 10.2 Å². The van der Waals surface area contributed by atoms with Gasteiger partial charge >= 0.3 is 0 Å². The van der Waals surface area contributed by atoms with Crippen molar-refractivity contribution in [3.8, 4) is 0 Å². The van der Waals surface area contributed by atoms with Crippen molar-refractivity contribution in [1.29, 1.82) is 0 Å². The predicted molar refractivity (Wildman–Crippen MR) is 107 cm³/mol. The maximum Gasteiger partial charge on any atom is 0.147 e. The van der Waals surface area contributed by atoms with Gasteiger partial charge in [0.2, 0.25) is 0 Å². The fourth-order valence-electron chi connectivity index (χ4n) is 4.30. The van der Waals surface area contributed by atoms with Gasteiger partial charge in [0.05, 0.1) is 22.9 Å². The van der Waals surface area contributed by atoms with Gasteiger partial charge in [-0.25, -0.2) is 15.0 Å². The second-order valence-electron chi connectivity index (χ2n) is 8.54. The zero-order chi connectivity index (χ0) is 19.0. The minimum atomic E-state index is -0.917. The Kier molecular flexibility index (Phi) is 5.47. The molecule has 0 bridgehead atoms. The molecule has 0 amide bonds. The van der Waals surface area contributed by atoms with Crippen LogP contribution in [-0.4, -0.2) is 55.4 Å². The van der Waals surface area contributed by atoms with E-state index in [0.717, 1.165) is 47.4 Å². The lowest BCUT2D eigenvalue weighted by atomic mass is 9.83. The molecule has 1 saturated heterocycles. The molecule has 6 nitrogen and oxygen atoms in total. The molecule has 2 N–H and O–H groups in total. The van der Waals surface area contributed by atoms with Crippen LogP contribution in [0, 0.1) is 12.8 Å². The lowest BCUT2D eigenvalue weighted by Crippen LogP contribution is -2.46. The Balaban J connectivity index is 1.54. The van der Waals surface area contributed by atoms with E-state index in [0.29, 0.717) is 18.8 Å². The largest absolute Gasteiger partial charge is 0.393 e. The average Bonchev–Trinajstić information content (AvgIpc) is 3.08. The maximum atomic E-state index is 10.2. The van der Waals surface area contributed by atoms with Gasteiger partial charge in [-0.15, -0.1) is 0 Å². The van der Waals surface area contributed by atoms with Crippen LogP contribution in [0.2, 0.25) is 0 Å². The van der Waals surface area contributed by atoms with E-state index in [1.165, 1.54) is 30.7 Å². The summed E-state index contributed by atoms with van der Waals surface area (Å²) in [6, 6.07) is 0. The number of nitrogens with zero attached hydrogens (tertiary/aromatic N) is 4. The third-order valence-electron chi connectivity index (χ3n) is 6.28. The zero-order valence-electron chi connectivity index (χ0n) is 16.3. The predicted octanol–water partition coefficient (Wildman–Crippen LogP) is 3.01. The molecular formula is C20H30N4O2S. The van der Waals surface area contributed by atoms with E-state index in [9.17, 15) is 10.2 Å². The Bertz CT molecular complexity index is 793. The van der Waals surface area contributed by atoms with E-state index in [2.05, 4.69) is 16.8 Å². The fraction of sp³-hybridized carbons (Fsp3) is 0.750. The number of aryl methyl sites for hydroxylation is 1. The summed E-state index contributed by atoms with van der Waals surface area (Å²) in [7, 11) is 0. The van der Waals surface area contributed by atoms with E-state index in [1.54, 1.807) is 11.3 Å². The standard InChI is InChI=1S/C20H30N4O2S/c1-13-3-5-15(6-4-13)18-23-17-16(21-14(2)22-19(17)27-18)11-24-9-7-20(26,12-25)8-10-24/h13,15,25-26H,3-12H2,1-2H3/t13-,15-. The Morgan fingerprint density at radius 3 is 2.48 bits per heavy atom. The highest BCUT2D eigenvalue weighted by Crippen LogP contribution is 2.39. The van der Waals surface area contributed by atoms with Crippen LogP contribution in [0.15, 0.2) is 0 Å². The van der Waals surface area contributed by atoms with Crippen molar-refractivity contribution in [1.82, 2.24) is 19.9 Å². The first-order valence-corrected chi connectivity index (χ1v) is 11.0. The normalized spacial score (nSPS) is 26.5. The highest BCUT2D eigenvalue weighted by molar-refractivity contribution is 7.18. The number of fused-ring (bicyclic) bond motifs is 1. The van der Waals surface area contributed by atoms with Crippen LogP contribution in [0.25, 0.3) is 10.3 Å². The third kappa shape index (κ3) is 4.16. The van der Waals surface area contributed by atoms with E-state index >= 15 is 0 Å². The molecule has 27 heavy (non-hydrogen) atoms. The molecule has 1 saturated carbocycles. The smallest absolute Gasteiger partial charge is 0.147 e. The van der Waals surface area contributed by atoms with E-state index in [1.807, 2.05) is 6.92 Å². The van der Waals surface area contributed by atoms with Crippen molar-refractivity contribution in [2.75, 3.05) is 19.7 Å². The number of aliphatic hydroxyl groups excluding tert-OH is 1. The molecule has 2 aromatic rings. The lowest BCUT2D eigenvalue weighted by Gasteiger charge is -2.36. The van der Waals surface area contributed by atoms with Crippen molar-refractivity contribution in [3.63, 3.8) is 0 Å². The molecule has 0 spiro atoms. The molecule has 1 aliphatic carbocycles. The molecule has 0 aromatic carbocycles. The summed E-state index contributed by atoms with van der Waals surface area (Å²) in [5.74, 6) is 2.21. The van der Waals surface area contributed by atoms with Gasteiger partial charge < -0.3 is 10.2 Å². The minimum Gasteiger partial charge on any atom is -0.393 e. The summed E-state index contributed by atoms with van der Waals surface area (Å²) in [6.07, 6.45) is 6.24. The van der Waals surface area contributed by atoms with Crippen LogP contribution in [0.5, 0.6) is 0 Å². The Morgan fingerprint density at radius 2 is 1.81 bits per heavy atom. The Morgan fingerprint density at radius 1 is 1.11 bits per heavy atom. The minimum absolute atomic E-state index is 0.160. The summed E-state index contributed by atoms with van der Waals surface area (Å²) >= 11 is 1.74. The van der Waals surface area contributed by atoms with Gasteiger partial charge in [-0.2, -0.15) is 0 Å². The molecule has 7 heteroatoms. The average molecular weight is 391 g/mol. The van der Waals surface area contributed by atoms with Crippen molar-refractivity contribution in [3.05, 3.63) is 16.5 Å². The number of thiazole rings is 1. The fourth-order valence-corrected chi connectivity index (χ4v) is 5.48. The second-order valence-corrected chi connectivity index (χ2v) is 9.55. The van der Waals surface area contributed by atoms with Crippen molar-refractivity contribution in [2.45, 2.75) is 70.4 Å². The third-order valence-corrected chi connectivity index (χ3v) is 7.39. The molecule has 2 aromatic heterocycles. The van der Waals surface area contributed by atoms with Gasteiger partial charge in [0, 0.05) is 25.6 Å². The molecule has 3 heterocycles. The first kappa shape index (κ1) is 19.2. The van der Waals surface area contributed by atoms with Crippen molar-refractivity contribution in [2.24, 2.45) is 5.92 Å². The van der Waals surface area contributed by atoms with Crippen LogP contribution < -0.4 is 0 Å². The highest BCUT2D eigenvalue weighted by atomic mass is 32.1. The van der Waals surface area contributed by atoms with Gasteiger partial charge in [0.1, 0.15) is 16.2 Å². The molecule has 2 fully saturated rings. The number of hydrogen-bond acceptors (Lipinski definition) is 7. The van der Waals surface area contributed by atoms with Crippen LogP contribution in [0.3, 0.4) is 0 Å². The van der Waals surface area contributed by atoms with Gasteiger partial charge in [-0.3, -0.25) is 4.90 Å². The van der Waals surface area contributed by atoms with Gasteiger partial charge in [-0.1, -0.05) is 31.1 Å². The molecule has 0 atom stereocenters. The lowest BCUT2D eigenvalue weighted by molar-refractivity contribution is -0.0607. The van der Waals surface area contributed by atoms with E-state index in [4.69, 9.17) is 9.97 Å². The number of likely N-dealkylation sites (tertiary alicyclic amines) is 1. The summed E-state index contributed by atoms with van der Waals surface area (Å²) in [6.45, 7) is 6.39. The number of piperidine rings is 1. The number of aromatic nitrogens is 3. The topological polar surface area (TPSA) is 82.4 Å². The molecule has 1 aliphatic heterocycles. The first-order chi connectivity index (χ1) is 13.0. The summed E-state index contributed by atoms with van der Waals surface area (Å²) in [4.78, 5) is 17.6. The quantitative estimate of drug-likeness (QED) is 0.835. The first-order valence-electron chi connectivity index (χ1n) is 10.2. The summed E-state index contributed by atoms with van der Waals surface area (Å²) in [5.41, 5.74) is 1.04. The highest BCUT2D eigenvalue weighted by Gasteiger charge is 2.32. The van der Waals surface area contributed by atoms with E-state index < -0.39 is 5.60 Å². The Labute approximate surface area is 164 Å². The number of hydrogen-bond donors (Lipinski definition) is 2. The molecule has 148 valence electrons. The van der Waals surface area contributed by atoms with Crippen molar-refractivity contribution >= 4 is 21.7 Å². The molecule has 2 aliphatic rings. The summed E-state index contributed by atoms with van der Waals surface area (Å²) in [5, 5.41) is 20.8. The SMILES string of the molecule is Cc1nc(CN2CCC(O)(CO)CC2)c2nc([C@H]3CC[C@H](C)CC3)sc2n1. The van der Waals surface area contributed by atoms with Crippen LogP contribution in [0.4, 0.5) is 0 Å². The second kappa shape index (κ2) is 7.70. The van der Waals surface area contributed by atoms with Crippen LogP contribution >= 0.6 is 11.3 Å². The molecular weight excluding hydrogens is 360 g/mol. The van der Waals surface area contributed by atoms with Crippen LogP contribution in [0.1, 0.15) is 67.9 Å². The maximum absolute atomic E-state index is 10.2. The monoisotopic (exact) mass is 390 g/mol. The Hall–Kier alpha value is -1.15. The summed E-state index contributed by atoms with van der Waals surface area (Å²) < 4.78 is 0. The number of aliphatic hydroxyl groups is 2. The molecule has 0 unspecified atom stereocenters. The number of rotatable bonds is 4. The van der Waals surface area contributed by atoms with E-state index in [-0.39, 0.29) is 6.61 Å². The van der Waals surface area contributed by atoms with Gasteiger partial charge in [0.25, 0.3) is 0 Å². The zero-order valence-corrected chi connectivity index (χ0v) is 17.1. The van der Waals surface area contributed by atoms with Gasteiger partial charge in [0.15, 0.2) is 0 Å².